The van der Waals surface area contributed by atoms with Crippen molar-refractivity contribution in [1.82, 2.24) is 20.4 Å². The molecule has 0 bridgehead atoms. The maximum atomic E-state index is 5.44. The molecule has 5 nitrogen and oxygen atoms in total. The molecule has 1 aliphatic heterocycles. The summed E-state index contributed by atoms with van der Waals surface area (Å²) >= 11 is 0. The van der Waals surface area contributed by atoms with Gasteiger partial charge < -0.3 is 9.84 Å². The third-order valence-corrected chi connectivity index (χ3v) is 4.44. The Morgan fingerprint density at radius 2 is 2.23 bits per heavy atom. The van der Waals surface area contributed by atoms with Gasteiger partial charge in [-0.15, -0.1) is 0 Å². The molecule has 0 spiro atoms. The molecule has 2 aromatic heterocycles. The van der Waals surface area contributed by atoms with E-state index >= 15 is 0 Å². The van der Waals surface area contributed by atoms with Gasteiger partial charge in [-0.2, -0.15) is 4.98 Å². The van der Waals surface area contributed by atoms with Gasteiger partial charge in [-0.3, -0.25) is 4.98 Å². The summed E-state index contributed by atoms with van der Waals surface area (Å²) in [7, 11) is 0. The Labute approximate surface area is 128 Å². The predicted molar refractivity (Wildman–Crippen MR) is 84.3 cm³/mol. The van der Waals surface area contributed by atoms with Gasteiger partial charge in [0.15, 0.2) is 0 Å². The summed E-state index contributed by atoms with van der Waals surface area (Å²) in [6.07, 6.45) is 2.64. The van der Waals surface area contributed by atoms with Crippen LogP contribution in [-0.4, -0.2) is 28.2 Å². The van der Waals surface area contributed by atoms with E-state index in [4.69, 9.17) is 4.52 Å². The molecule has 0 unspecified atom stereocenters. The van der Waals surface area contributed by atoms with E-state index in [-0.39, 0.29) is 0 Å². The molecule has 0 amide bonds. The molecule has 112 valence electrons. The zero-order valence-electron chi connectivity index (χ0n) is 12.5. The minimum atomic E-state index is 0.578. The smallest absolute Gasteiger partial charge is 0.227 e. The van der Waals surface area contributed by atoms with Crippen LogP contribution in [0.5, 0.6) is 0 Å². The first kappa shape index (κ1) is 13.4. The van der Waals surface area contributed by atoms with Gasteiger partial charge in [-0.05, 0) is 49.2 Å². The number of benzene rings is 1. The highest BCUT2D eigenvalue weighted by molar-refractivity contribution is 5.82. The van der Waals surface area contributed by atoms with Crippen molar-refractivity contribution >= 4 is 10.9 Å². The minimum Gasteiger partial charge on any atom is -0.339 e. The van der Waals surface area contributed by atoms with Crippen molar-refractivity contribution in [3.63, 3.8) is 0 Å². The van der Waals surface area contributed by atoms with Crippen molar-refractivity contribution in [2.75, 3.05) is 13.1 Å². The Morgan fingerprint density at radius 3 is 3.09 bits per heavy atom. The number of rotatable bonds is 3. The maximum absolute atomic E-state index is 5.44. The van der Waals surface area contributed by atoms with Gasteiger partial charge in [-0.25, -0.2) is 0 Å². The summed E-state index contributed by atoms with van der Waals surface area (Å²) in [6, 6.07) is 10.0. The molecule has 0 saturated carbocycles. The molecular formula is C17H18N4O. The van der Waals surface area contributed by atoms with Crippen LogP contribution in [0.25, 0.3) is 22.3 Å². The molecular weight excluding hydrogens is 276 g/mol. The fourth-order valence-corrected chi connectivity index (χ4v) is 3.03. The van der Waals surface area contributed by atoms with Gasteiger partial charge in [0, 0.05) is 23.6 Å². The molecule has 5 heteroatoms. The van der Waals surface area contributed by atoms with Crippen LogP contribution < -0.4 is 5.32 Å². The normalized spacial score (nSPS) is 21.5. The van der Waals surface area contributed by atoms with E-state index in [9.17, 15) is 0 Å². The van der Waals surface area contributed by atoms with Crippen molar-refractivity contribution in [3.05, 3.63) is 42.4 Å². The van der Waals surface area contributed by atoms with Gasteiger partial charge in [-0.1, -0.05) is 18.1 Å². The van der Waals surface area contributed by atoms with Crippen LogP contribution in [0.4, 0.5) is 0 Å². The fourth-order valence-electron chi connectivity index (χ4n) is 3.03. The molecule has 2 atom stereocenters. The number of nitrogens with zero attached hydrogens (tertiary/aromatic N) is 3. The Kier molecular flexibility index (Phi) is 3.35. The molecule has 22 heavy (non-hydrogen) atoms. The lowest BCUT2D eigenvalue weighted by molar-refractivity contribution is 0.337. The van der Waals surface area contributed by atoms with Crippen LogP contribution in [-0.2, 0) is 6.42 Å². The topological polar surface area (TPSA) is 63.8 Å². The van der Waals surface area contributed by atoms with Gasteiger partial charge in [0.1, 0.15) is 0 Å². The second-order valence-electron chi connectivity index (χ2n) is 6.02. The maximum Gasteiger partial charge on any atom is 0.227 e. The van der Waals surface area contributed by atoms with Crippen LogP contribution in [0, 0.1) is 11.8 Å². The van der Waals surface area contributed by atoms with Crippen LogP contribution in [0.2, 0.25) is 0 Å². The van der Waals surface area contributed by atoms with Gasteiger partial charge >= 0.3 is 0 Å². The molecule has 3 heterocycles. The minimum absolute atomic E-state index is 0.578. The lowest BCUT2D eigenvalue weighted by atomic mass is 9.95. The largest absolute Gasteiger partial charge is 0.339 e. The van der Waals surface area contributed by atoms with Crippen LogP contribution in [0.1, 0.15) is 12.8 Å². The number of hydrogen-bond acceptors (Lipinski definition) is 5. The van der Waals surface area contributed by atoms with Gasteiger partial charge in [0.25, 0.3) is 0 Å². The first-order valence-corrected chi connectivity index (χ1v) is 7.68. The second-order valence-corrected chi connectivity index (χ2v) is 6.02. The first-order chi connectivity index (χ1) is 10.8. The Hall–Kier alpha value is -2.27. The average molecular weight is 294 g/mol. The SMILES string of the molecule is C[C@@H]1CNC[C@H]1Cc1nc(-c2ccc3ncccc3c2)no1. The summed E-state index contributed by atoms with van der Waals surface area (Å²) in [5.41, 5.74) is 1.94. The summed E-state index contributed by atoms with van der Waals surface area (Å²) in [5, 5.41) is 8.62. The number of pyridine rings is 1. The van der Waals surface area contributed by atoms with E-state index in [2.05, 4.69) is 33.4 Å². The van der Waals surface area contributed by atoms with Crippen molar-refractivity contribution in [3.8, 4) is 11.4 Å². The fraction of sp³-hybridized carbons (Fsp3) is 0.353. The quantitative estimate of drug-likeness (QED) is 0.804. The van der Waals surface area contributed by atoms with E-state index in [1.165, 1.54) is 0 Å². The third-order valence-electron chi connectivity index (χ3n) is 4.44. The van der Waals surface area contributed by atoms with Crippen LogP contribution in [0.15, 0.2) is 41.1 Å². The highest BCUT2D eigenvalue weighted by Gasteiger charge is 2.25. The van der Waals surface area contributed by atoms with Crippen molar-refractivity contribution in [2.24, 2.45) is 11.8 Å². The molecule has 1 aromatic carbocycles. The Morgan fingerprint density at radius 1 is 1.27 bits per heavy atom. The molecule has 1 aliphatic rings. The monoisotopic (exact) mass is 294 g/mol. The molecule has 0 radical (unpaired) electrons. The van der Waals surface area contributed by atoms with Gasteiger partial charge in [0.05, 0.1) is 5.52 Å². The van der Waals surface area contributed by atoms with Crippen LogP contribution in [0.3, 0.4) is 0 Å². The zero-order chi connectivity index (χ0) is 14.9. The molecule has 0 aliphatic carbocycles. The van der Waals surface area contributed by atoms with E-state index in [1.54, 1.807) is 6.20 Å². The van der Waals surface area contributed by atoms with Crippen molar-refractivity contribution in [2.45, 2.75) is 13.3 Å². The average Bonchev–Trinajstić information content (AvgIpc) is 3.17. The standard InChI is InChI=1S/C17H18N4O/c1-11-9-18-10-14(11)8-16-20-17(21-22-16)13-4-5-15-12(7-13)3-2-6-19-15/h2-7,11,14,18H,8-10H2,1H3/t11-,14-/m1/s1. The number of hydrogen-bond donors (Lipinski definition) is 1. The number of nitrogens with one attached hydrogen (secondary N) is 1. The molecule has 1 saturated heterocycles. The first-order valence-electron chi connectivity index (χ1n) is 7.68. The molecule has 4 rings (SSSR count). The van der Waals surface area contributed by atoms with Crippen molar-refractivity contribution < 1.29 is 4.52 Å². The lowest BCUT2D eigenvalue weighted by Crippen LogP contribution is -2.13. The van der Waals surface area contributed by atoms with E-state index in [1.807, 2.05) is 24.3 Å². The van der Waals surface area contributed by atoms with E-state index in [0.29, 0.717) is 17.7 Å². The zero-order valence-corrected chi connectivity index (χ0v) is 12.5. The van der Waals surface area contributed by atoms with E-state index < -0.39 is 0 Å². The summed E-state index contributed by atoms with van der Waals surface area (Å²) in [4.78, 5) is 8.89. The third kappa shape index (κ3) is 2.48. The highest BCUT2D eigenvalue weighted by Crippen LogP contribution is 2.24. The number of aromatic nitrogens is 3. The second kappa shape index (κ2) is 5.50. The summed E-state index contributed by atoms with van der Waals surface area (Å²) in [5.74, 6) is 2.61. The van der Waals surface area contributed by atoms with E-state index in [0.717, 1.165) is 41.9 Å². The number of fused-ring (bicyclic) bond motifs is 1. The highest BCUT2D eigenvalue weighted by atomic mass is 16.5. The van der Waals surface area contributed by atoms with Gasteiger partial charge in [0.2, 0.25) is 11.7 Å². The summed E-state index contributed by atoms with van der Waals surface area (Å²) in [6.45, 7) is 4.36. The molecule has 3 aromatic rings. The Bertz CT molecular complexity index is 798. The summed E-state index contributed by atoms with van der Waals surface area (Å²) < 4.78 is 5.44. The molecule has 1 fully saturated rings. The molecule has 1 N–H and O–H groups in total. The Balaban J connectivity index is 1.59. The lowest BCUT2D eigenvalue weighted by Gasteiger charge is -2.10. The van der Waals surface area contributed by atoms with Crippen LogP contribution >= 0.6 is 0 Å². The van der Waals surface area contributed by atoms with Crippen molar-refractivity contribution in [1.29, 1.82) is 0 Å². The predicted octanol–water partition coefficient (Wildman–Crippen LogP) is 2.68.